The summed E-state index contributed by atoms with van der Waals surface area (Å²) in [7, 11) is 0. The average molecular weight is 231 g/mol. The fourth-order valence-corrected chi connectivity index (χ4v) is 2.84. The third-order valence-electron chi connectivity index (χ3n) is 3.85. The summed E-state index contributed by atoms with van der Waals surface area (Å²) in [6, 6.07) is 1.71. The number of hydrogen-bond donors (Lipinski definition) is 0. The highest BCUT2D eigenvalue weighted by Gasteiger charge is 2.47. The van der Waals surface area contributed by atoms with E-state index >= 15 is 0 Å². The van der Waals surface area contributed by atoms with Crippen molar-refractivity contribution in [1.82, 2.24) is 4.98 Å². The van der Waals surface area contributed by atoms with Gasteiger partial charge in [-0.05, 0) is 31.7 Å². The molecule has 0 radical (unpaired) electrons. The first kappa shape index (κ1) is 10.4. The Morgan fingerprint density at radius 3 is 2.88 bits per heavy atom. The van der Waals surface area contributed by atoms with Crippen LogP contribution in [-0.2, 0) is 15.1 Å². The van der Waals surface area contributed by atoms with E-state index in [9.17, 15) is 9.59 Å². The second kappa shape index (κ2) is 3.65. The lowest BCUT2D eigenvalue weighted by Crippen LogP contribution is -2.32. The molecule has 1 aromatic heterocycles. The minimum absolute atomic E-state index is 0.111. The van der Waals surface area contributed by atoms with E-state index in [1.165, 1.54) is 0 Å². The number of aromatic nitrogens is 1. The van der Waals surface area contributed by atoms with Crippen molar-refractivity contribution in [2.24, 2.45) is 5.92 Å². The number of carbonyl (C=O) groups is 2. The van der Waals surface area contributed by atoms with E-state index in [2.05, 4.69) is 4.98 Å². The number of carbonyl (C=O) groups excluding carboxylic acids is 2. The number of pyridine rings is 1. The van der Waals surface area contributed by atoms with Crippen LogP contribution in [0.25, 0.3) is 0 Å². The third kappa shape index (κ3) is 1.47. The van der Waals surface area contributed by atoms with Crippen molar-refractivity contribution in [3.05, 3.63) is 29.6 Å². The smallest absolute Gasteiger partial charge is 0.339 e. The Kier molecular flexibility index (Phi) is 2.24. The van der Waals surface area contributed by atoms with E-state index < -0.39 is 5.60 Å². The predicted octanol–water partition coefficient (Wildman–Crippen LogP) is 1.84. The molecule has 3 rings (SSSR count). The highest BCUT2D eigenvalue weighted by atomic mass is 16.6. The van der Waals surface area contributed by atoms with Gasteiger partial charge in [-0.1, -0.05) is 0 Å². The van der Waals surface area contributed by atoms with E-state index in [0.717, 1.165) is 37.5 Å². The number of fused-ring (bicyclic) bond motifs is 2. The topological polar surface area (TPSA) is 56.3 Å². The lowest BCUT2D eigenvalue weighted by Gasteiger charge is -2.34. The number of esters is 1. The van der Waals surface area contributed by atoms with Gasteiger partial charge in [-0.3, -0.25) is 4.98 Å². The number of aldehydes is 1. The average Bonchev–Trinajstić information content (AvgIpc) is 2.65. The van der Waals surface area contributed by atoms with Crippen LogP contribution in [-0.4, -0.2) is 17.2 Å². The van der Waals surface area contributed by atoms with Crippen molar-refractivity contribution in [2.75, 3.05) is 0 Å². The van der Waals surface area contributed by atoms with Gasteiger partial charge in [-0.25, -0.2) is 4.79 Å². The molecule has 1 aromatic rings. The molecule has 0 saturated heterocycles. The van der Waals surface area contributed by atoms with Crippen LogP contribution in [0.5, 0.6) is 0 Å². The second-order valence-electron chi connectivity index (χ2n) is 4.78. The summed E-state index contributed by atoms with van der Waals surface area (Å²) in [4.78, 5) is 26.6. The lowest BCUT2D eigenvalue weighted by atomic mass is 9.76. The summed E-state index contributed by atoms with van der Waals surface area (Å²) in [6.07, 6.45) is 7.35. The van der Waals surface area contributed by atoms with Gasteiger partial charge in [0.05, 0.1) is 5.56 Å². The van der Waals surface area contributed by atoms with Crippen molar-refractivity contribution >= 4 is 12.3 Å². The molecule has 2 heterocycles. The standard InChI is InChI=1S/C13H13NO3/c15-8-9-1-4-13(5-2-9)11-7-14-6-3-10(11)12(16)17-13/h3,6-9H,1-2,4-5H2. The molecule has 17 heavy (non-hydrogen) atoms. The quantitative estimate of drug-likeness (QED) is 0.546. The Hall–Kier alpha value is -1.71. The fourth-order valence-electron chi connectivity index (χ4n) is 2.84. The molecule has 0 N–H and O–H groups in total. The first-order valence-electron chi connectivity index (χ1n) is 5.88. The van der Waals surface area contributed by atoms with Crippen LogP contribution in [0.15, 0.2) is 18.5 Å². The molecule has 0 aromatic carbocycles. The zero-order valence-corrected chi connectivity index (χ0v) is 9.39. The maximum absolute atomic E-state index is 11.8. The Bertz CT molecular complexity index is 475. The van der Waals surface area contributed by atoms with Crippen LogP contribution in [0.3, 0.4) is 0 Å². The number of hydrogen-bond acceptors (Lipinski definition) is 4. The van der Waals surface area contributed by atoms with Gasteiger partial charge in [0.1, 0.15) is 11.9 Å². The van der Waals surface area contributed by atoms with Crippen molar-refractivity contribution in [3.8, 4) is 0 Å². The van der Waals surface area contributed by atoms with Gasteiger partial charge < -0.3 is 9.53 Å². The molecule has 1 aliphatic carbocycles. The molecule has 0 amide bonds. The summed E-state index contributed by atoms with van der Waals surface area (Å²) in [5, 5.41) is 0. The molecule has 0 unspecified atom stereocenters. The fraction of sp³-hybridized carbons (Fsp3) is 0.462. The first-order valence-corrected chi connectivity index (χ1v) is 5.88. The molecule has 1 fully saturated rings. The molecule has 88 valence electrons. The van der Waals surface area contributed by atoms with Crippen molar-refractivity contribution in [3.63, 3.8) is 0 Å². The van der Waals surface area contributed by atoms with Gasteiger partial charge in [0.2, 0.25) is 0 Å². The highest BCUT2D eigenvalue weighted by Crippen LogP contribution is 2.47. The van der Waals surface area contributed by atoms with Crippen LogP contribution < -0.4 is 0 Å². The van der Waals surface area contributed by atoms with Crippen LogP contribution in [0, 0.1) is 5.92 Å². The molecular weight excluding hydrogens is 218 g/mol. The van der Waals surface area contributed by atoms with Crippen molar-refractivity contribution < 1.29 is 14.3 Å². The van der Waals surface area contributed by atoms with E-state index in [4.69, 9.17) is 4.74 Å². The normalized spacial score (nSPS) is 31.1. The molecule has 0 bridgehead atoms. The van der Waals surface area contributed by atoms with E-state index in [1.807, 2.05) is 0 Å². The van der Waals surface area contributed by atoms with Crippen LogP contribution in [0.2, 0.25) is 0 Å². The maximum atomic E-state index is 11.8. The Morgan fingerprint density at radius 1 is 1.41 bits per heavy atom. The summed E-state index contributed by atoms with van der Waals surface area (Å²) < 4.78 is 5.56. The molecule has 1 saturated carbocycles. The maximum Gasteiger partial charge on any atom is 0.339 e. The lowest BCUT2D eigenvalue weighted by molar-refractivity contribution is -0.113. The minimum Gasteiger partial charge on any atom is -0.450 e. The highest BCUT2D eigenvalue weighted by molar-refractivity contribution is 5.94. The molecule has 1 spiro atoms. The minimum atomic E-state index is -0.514. The van der Waals surface area contributed by atoms with Gasteiger partial charge in [0, 0.05) is 23.9 Å². The van der Waals surface area contributed by atoms with E-state index in [0.29, 0.717) is 5.56 Å². The summed E-state index contributed by atoms with van der Waals surface area (Å²) in [5.74, 6) is -0.146. The Morgan fingerprint density at radius 2 is 2.18 bits per heavy atom. The molecular formula is C13H13NO3. The molecule has 4 heteroatoms. The Labute approximate surface area is 99.0 Å². The summed E-state index contributed by atoms with van der Waals surface area (Å²) in [6.45, 7) is 0. The third-order valence-corrected chi connectivity index (χ3v) is 3.85. The Balaban J connectivity index is 1.96. The second-order valence-corrected chi connectivity index (χ2v) is 4.78. The molecule has 2 aliphatic rings. The van der Waals surface area contributed by atoms with Gasteiger partial charge >= 0.3 is 5.97 Å². The van der Waals surface area contributed by atoms with Crippen molar-refractivity contribution in [1.29, 1.82) is 0 Å². The van der Waals surface area contributed by atoms with Gasteiger partial charge in [-0.2, -0.15) is 0 Å². The van der Waals surface area contributed by atoms with Crippen molar-refractivity contribution in [2.45, 2.75) is 31.3 Å². The van der Waals surface area contributed by atoms with Crippen LogP contribution in [0.1, 0.15) is 41.6 Å². The van der Waals surface area contributed by atoms with Gasteiger partial charge in [-0.15, -0.1) is 0 Å². The van der Waals surface area contributed by atoms with Crippen LogP contribution in [0.4, 0.5) is 0 Å². The zero-order valence-electron chi connectivity index (χ0n) is 9.39. The predicted molar refractivity (Wildman–Crippen MR) is 59.4 cm³/mol. The monoisotopic (exact) mass is 231 g/mol. The molecule has 0 atom stereocenters. The zero-order chi connectivity index (χ0) is 11.9. The summed E-state index contributed by atoms with van der Waals surface area (Å²) >= 11 is 0. The first-order chi connectivity index (χ1) is 8.25. The van der Waals surface area contributed by atoms with E-state index in [-0.39, 0.29) is 11.9 Å². The summed E-state index contributed by atoms with van der Waals surface area (Å²) in [5.41, 5.74) is 1.01. The largest absolute Gasteiger partial charge is 0.450 e. The van der Waals surface area contributed by atoms with E-state index in [1.54, 1.807) is 18.5 Å². The molecule has 4 nitrogen and oxygen atoms in total. The van der Waals surface area contributed by atoms with Crippen LogP contribution >= 0.6 is 0 Å². The number of nitrogens with zero attached hydrogens (tertiary/aromatic N) is 1. The van der Waals surface area contributed by atoms with Gasteiger partial charge in [0.15, 0.2) is 0 Å². The SMILES string of the molecule is O=CC1CCC2(CC1)OC(=O)c1ccncc12. The number of ether oxygens (including phenoxy) is 1. The number of rotatable bonds is 1. The molecule has 1 aliphatic heterocycles. The van der Waals surface area contributed by atoms with Gasteiger partial charge in [0.25, 0.3) is 0 Å².